The van der Waals surface area contributed by atoms with E-state index in [9.17, 15) is 14.7 Å². The standard InChI is InChI=1S/C14H18INO3/c1-4-8(2)12(14(18)19)16-13(17)10-7-5-6-9(3)11(10)15/h5-8,12H,4H2,1-3H3,(H,16,17)(H,18,19)/t8-,12-/m0/s1. The van der Waals surface area contributed by atoms with Crippen molar-refractivity contribution in [3.05, 3.63) is 32.9 Å². The number of carbonyl (C=O) groups is 2. The van der Waals surface area contributed by atoms with Crippen molar-refractivity contribution in [3.8, 4) is 0 Å². The minimum Gasteiger partial charge on any atom is -0.480 e. The molecule has 0 saturated carbocycles. The van der Waals surface area contributed by atoms with E-state index >= 15 is 0 Å². The van der Waals surface area contributed by atoms with Gasteiger partial charge in [0, 0.05) is 3.57 Å². The maximum atomic E-state index is 12.2. The third-order valence-corrected chi connectivity index (χ3v) is 4.63. The summed E-state index contributed by atoms with van der Waals surface area (Å²) in [6, 6.07) is 4.57. The molecule has 19 heavy (non-hydrogen) atoms. The van der Waals surface area contributed by atoms with Gasteiger partial charge >= 0.3 is 5.97 Å². The molecule has 0 spiro atoms. The number of carbonyl (C=O) groups excluding carboxylic acids is 1. The molecule has 1 rings (SSSR count). The molecular weight excluding hydrogens is 357 g/mol. The summed E-state index contributed by atoms with van der Waals surface area (Å²) in [5.74, 6) is -1.44. The Morgan fingerprint density at radius 2 is 2.05 bits per heavy atom. The maximum absolute atomic E-state index is 12.2. The number of aliphatic carboxylic acids is 1. The van der Waals surface area contributed by atoms with Crippen LogP contribution in [0.4, 0.5) is 0 Å². The van der Waals surface area contributed by atoms with E-state index in [0.717, 1.165) is 9.13 Å². The second-order valence-electron chi connectivity index (χ2n) is 4.61. The highest BCUT2D eigenvalue weighted by Gasteiger charge is 2.26. The number of nitrogens with one attached hydrogen (secondary N) is 1. The first-order chi connectivity index (χ1) is 8.88. The lowest BCUT2D eigenvalue weighted by molar-refractivity contribution is -0.140. The second kappa shape index (κ2) is 6.88. The van der Waals surface area contributed by atoms with Crippen molar-refractivity contribution < 1.29 is 14.7 Å². The van der Waals surface area contributed by atoms with E-state index in [1.165, 1.54) is 0 Å². The predicted octanol–water partition coefficient (Wildman–Crippen LogP) is 2.83. The lowest BCUT2D eigenvalue weighted by Gasteiger charge is -2.20. The number of hydrogen-bond acceptors (Lipinski definition) is 2. The third kappa shape index (κ3) is 3.92. The molecule has 0 radical (unpaired) electrons. The van der Waals surface area contributed by atoms with Gasteiger partial charge in [-0.05, 0) is 47.1 Å². The molecular formula is C14H18INO3. The highest BCUT2D eigenvalue weighted by Crippen LogP contribution is 2.17. The Bertz CT molecular complexity index is 488. The van der Waals surface area contributed by atoms with Gasteiger partial charge in [-0.2, -0.15) is 0 Å². The summed E-state index contributed by atoms with van der Waals surface area (Å²) in [6.45, 7) is 5.64. The molecule has 0 unspecified atom stereocenters. The molecule has 0 bridgehead atoms. The zero-order valence-electron chi connectivity index (χ0n) is 11.2. The molecule has 4 nitrogen and oxygen atoms in total. The van der Waals surface area contributed by atoms with E-state index in [2.05, 4.69) is 27.9 Å². The van der Waals surface area contributed by atoms with E-state index in [1.807, 2.05) is 26.8 Å². The van der Waals surface area contributed by atoms with Crippen LogP contribution in [0.3, 0.4) is 0 Å². The van der Waals surface area contributed by atoms with Gasteiger partial charge < -0.3 is 10.4 Å². The maximum Gasteiger partial charge on any atom is 0.326 e. The van der Waals surface area contributed by atoms with E-state index < -0.39 is 12.0 Å². The predicted molar refractivity (Wildman–Crippen MR) is 82.2 cm³/mol. The fourth-order valence-corrected chi connectivity index (χ4v) is 2.33. The summed E-state index contributed by atoms with van der Waals surface area (Å²) in [6.07, 6.45) is 0.697. The summed E-state index contributed by atoms with van der Waals surface area (Å²) >= 11 is 2.10. The first-order valence-corrected chi connectivity index (χ1v) is 7.25. The number of amides is 1. The van der Waals surface area contributed by atoms with Crippen LogP contribution < -0.4 is 5.32 Å². The van der Waals surface area contributed by atoms with Gasteiger partial charge in [-0.1, -0.05) is 32.4 Å². The highest BCUT2D eigenvalue weighted by atomic mass is 127. The molecule has 1 aromatic carbocycles. The van der Waals surface area contributed by atoms with E-state index in [4.69, 9.17) is 0 Å². The van der Waals surface area contributed by atoms with Gasteiger partial charge in [0.25, 0.3) is 5.91 Å². The summed E-state index contributed by atoms with van der Waals surface area (Å²) in [4.78, 5) is 23.4. The topological polar surface area (TPSA) is 66.4 Å². The van der Waals surface area contributed by atoms with Crippen LogP contribution in [0.5, 0.6) is 0 Å². The zero-order valence-corrected chi connectivity index (χ0v) is 13.4. The number of rotatable bonds is 5. The third-order valence-electron chi connectivity index (χ3n) is 3.20. The summed E-state index contributed by atoms with van der Waals surface area (Å²) < 4.78 is 0.853. The van der Waals surface area contributed by atoms with Gasteiger partial charge in [-0.25, -0.2) is 4.79 Å². The van der Waals surface area contributed by atoms with Crippen LogP contribution in [0, 0.1) is 16.4 Å². The van der Waals surface area contributed by atoms with Crippen molar-refractivity contribution in [3.63, 3.8) is 0 Å². The molecule has 104 valence electrons. The smallest absolute Gasteiger partial charge is 0.326 e. The molecule has 0 aliphatic rings. The number of hydrogen-bond donors (Lipinski definition) is 2. The van der Waals surface area contributed by atoms with Crippen LogP contribution in [-0.4, -0.2) is 23.0 Å². The molecule has 0 aliphatic heterocycles. The van der Waals surface area contributed by atoms with Crippen molar-refractivity contribution in [2.24, 2.45) is 5.92 Å². The summed E-state index contributed by atoms with van der Waals surface area (Å²) in [5, 5.41) is 11.8. The SMILES string of the molecule is CC[C@H](C)[C@H](NC(=O)c1cccc(C)c1I)C(=O)O. The Morgan fingerprint density at radius 3 is 2.58 bits per heavy atom. The highest BCUT2D eigenvalue weighted by molar-refractivity contribution is 14.1. The number of aryl methyl sites for hydroxylation is 1. The summed E-state index contributed by atoms with van der Waals surface area (Å²) in [7, 11) is 0. The zero-order chi connectivity index (χ0) is 14.6. The molecule has 0 heterocycles. The Morgan fingerprint density at radius 1 is 1.42 bits per heavy atom. The Hall–Kier alpha value is -1.11. The molecule has 2 N–H and O–H groups in total. The van der Waals surface area contributed by atoms with Crippen LogP contribution in [-0.2, 0) is 4.79 Å². The first kappa shape index (κ1) is 15.9. The van der Waals surface area contributed by atoms with Crippen LogP contribution in [0.25, 0.3) is 0 Å². The van der Waals surface area contributed by atoms with Gasteiger partial charge in [0.15, 0.2) is 0 Å². The molecule has 0 fully saturated rings. The van der Waals surface area contributed by atoms with Gasteiger partial charge in [-0.15, -0.1) is 0 Å². The molecule has 5 heteroatoms. The van der Waals surface area contributed by atoms with Crippen molar-refractivity contribution >= 4 is 34.5 Å². The molecule has 1 aromatic rings. The second-order valence-corrected chi connectivity index (χ2v) is 5.69. The van der Waals surface area contributed by atoms with Gasteiger partial charge in [0.05, 0.1) is 5.56 Å². The lowest BCUT2D eigenvalue weighted by atomic mass is 9.99. The van der Waals surface area contributed by atoms with Gasteiger partial charge in [0.1, 0.15) is 6.04 Å². The van der Waals surface area contributed by atoms with E-state index in [0.29, 0.717) is 12.0 Å². The van der Waals surface area contributed by atoms with Crippen LogP contribution in [0.15, 0.2) is 18.2 Å². The van der Waals surface area contributed by atoms with Crippen molar-refractivity contribution in [1.82, 2.24) is 5.32 Å². The van der Waals surface area contributed by atoms with Gasteiger partial charge in [0.2, 0.25) is 0 Å². The minimum absolute atomic E-state index is 0.107. The average molecular weight is 375 g/mol. The van der Waals surface area contributed by atoms with Crippen LogP contribution in [0.1, 0.15) is 36.2 Å². The fourth-order valence-electron chi connectivity index (χ4n) is 1.72. The molecule has 0 saturated heterocycles. The monoisotopic (exact) mass is 375 g/mol. The molecule has 2 atom stereocenters. The summed E-state index contributed by atoms with van der Waals surface area (Å²) in [5.41, 5.74) is 1.53. The van der Waals surface area contributed by atoms with Crippen LogP contribution >= 0.6 is 22.6 Å². The Kier molecular flexibility index (Phi) is 5.78. The first-order valence-electron chi connectivity index (χ1n) is 6.17. The number of benzene rings is 1. The van der Waals surface area contributed by atoms with Crippen molar-refractivity contribution in [2.45, 2.75) is 33.2 Å². The Labute approximate surface area is 126 Å². The normalized spacial score (nSPS) is 13.7. The van der Waals surface area contributed by atoms with E-state index in [1.54, 1.807) is 12.1 Å². The minimum atomic E-state index is -0.995. The van der Waals surface area contributed by atoms with Crippen molar-refractivity contribution in [2.75, 3.05) is 0 Å². The molecule has 0 aromatic heterocycles. The molecule has 1 amide bonds. The number of halogens is 1. The quantitative estimate of drug-likeness (QED) is 0.778. The lowest BCUT2D eigenvalue weighted by Crippen LogP contribution is -2.45. The number of carboxylic acids is 1. The van der Waals surface area contributed by atoms with Crippen molar-refractivity contribution in [1.29, 1.82) is 0 Å². The van der Waals surface area contributed by atoms with E-state index in [-0.39, 0.29) is 11.8 Å². The number of carboxylic acid groups (broad SMARTS) is 1. The average Bonchev–Trinajstić information content (AvgIpc) is 2.37. The van der Waals surface area contributed by atoms with Crippen LogP contribution in [0.2, 0.25) is 0 Å². The largest absolute Gasteiger partial charge is 0.480 e. The molecule has 0 aliphatic carbocycles. The fraction of sp³-hybridized carbons (Fsp3) is 0.429. The van der Waals surface area contributed by atoms with Gasteiger partial charge in [-0.3, -0.25) is 4.79 Å². The Balaban J connectivity index is 2.94.